The molecule has 1 aliphatic heterocycles. The van der Waals surface area contributed by atoms with Gasteiger partial charge in [-0.2, -0.15) is 5.10 Å². The number of carbonyl (C=O) groups is 1. The van der Waals surface area contributed by atoms with E-state index >= 15 is 0 Å². The fourth-order valence-electron chi connectivity index (χ4n) is 3.84. The molecule has 0 saturated carbocycles. The zero-order valence-corrected chi connectivity index (χ0v) is 17.1. The lowest BCUT2D eigenvalue weighted by Gasteiger charge is -2.16. The molecular formula is C24H28N4O. The monoisotopic (exact) mass is 388 g/mol. The van der Waals surface area contributed by atoms with Gasteiger partial charge in [0, 0.05) is 24.8 Å². The quantitative estimate of drug-likeness (QED) is 0.726. The Morgan fingerprint density at radius 3 is 2.34 bits per heavy atom. The summed E-state index contributed by atoms with van der Waals surface area (Å²) in [7, 11) is 0. The Labute approximate surface area is 172 Å². The van der Waals surface area contributed by atoms with E-state index in [0.29, 0.717) is 24.6 Å². The fourth-order valence-corrected chi connectivity index (χ4v) is 3.84. The van der Waals surface area contributed by atoms with E-state index in [-0.39, 0.29) is 5.91 Å². The molecule has 2 N–H and O–H groups in total. The zero-order chi connectivity index (χ0) is 20.4. The van der Waals surface area contributed by atoms with Crippen LogP contribution in [-0.2, 0) is 6.54 Å². The molecule has 1 aromatic heterocycles. The Morgan fingerprint density at radius 1 is 1.07 bits per heavy atom. The first-order valence-corrected chi connectivity index (χ1v) is 10.2. The molecule has 1 fully saturated rings. The molecule has 0 bridgehead atoms. The maximum atomic E-state index is 13.3. The summed E-state index contributed by atoms with van der Waals surface area (Å²) in [5.74, 6) is 0.441. The summed E-state index contributed by atoms with van der Waals surface area (Å²) in [5.41, 5.74) is 11.8. The number of likely N-dealkylation sites (tertiary alicyclic amines) is 1. The Bertz CT molecular complexity index is 989. The van der Waals surface area contributed by atoms with Crippen LogP contribution in [0.15, 0.2) is 54.7 Å². The molecule has 0 spiro atoms. The highest BCUT2D eigenvalue weighted by Crippen LogP contribution is 2.26. The summed E-state index contributed by atoms with van der Waals surface area (Å²) in [4.78, 5) is 15.2. The molecule has 1 unspecified atom stereocenters. The van der Waals surface area contributed by atoms with Gasteiger partial charge in [-0.3, -0.25) is 9.48 Å². The number of amides is 1. The van der Waals surface area contributed by atoms with Gasteiger partial charge >= 0.3 is 0 Å². The van der Waals surface area contributed by atoms with Crippen LogP contribution in [0.25, 0.3) is 11.3 Å². The van der Waals surface area contributed by atoms with E-state index < -0.39 is 0 Å². The van der Waals surface area contributed by atoms with Crippen molar-refractivity contribution in [3.63, 3.8) is 0 Å². The zero-order valence-electron chi connectivity index (χ0n) is 17.1. The van der Waals surface area contributed by atoms with Crippen LogP contribution in [0.2, 0.25) is 0 Å². The van der Waals surface area contributed by atoms with Gasteiger partial charge in [-0.1, -0.05) is 59.7 Å². The van der Waals surface area contributed by atoms with Crippen LogP contribution in [0.1, 0.15) is 33.5 Å². The minimum Gasteiger partial charge on any atom is -0.338 e. The van der Waals surface area contributed by atoms with Gasteiger partial charge in [0.25, 0.3) is 5.91 Å². The van der Waals surface area contributed by atoms with Crippen molar-refractivity contribution in [3.8, 4) is 11.3 Å². The molecule has 150 valence electrons. The Balaban J connectivity index is 1.67. The molecule has 5 nitrogen and oxygen atoms in total. The second-order valence-corrected chi connectivity index (χ2v) is 8.08. The first-order valence-electron chi connectivity index (χ1n) is 10.2. The Hall–Kier alpha value is -2.92. The van der Waals surface area contributed by atoms with Crippen molar-refractivity contribution in [2.45, 2.75) is 26.8 Å². The summed E-state index contributed by atoms with van der Waals surface area (Å²) in [6, 6.07) is 16.6. The molecule has 0 aliphatic carbocycles. The predicted octanol–water partition coefficient (Wildman–Crippen LogP) is 3.64. The standard InChI is InChI=1S/C24H28N4O/c1-17-3-7-19(8-4-17)15-28-16-22(24(29)27-12-11-20(13-25)14-27)23(26-28)21-9-5-18(2)6-10-21/h3-10,16,20H,11-15,25H2,1-2H3. The van der Waals surface area contributed by atoms with Gasteiger partial charge in [0.1, 0.15) is 5.69 Å². The van der Waals surface area contributed by atoms with E-state index in [1.165, 1.54) is 11.1 Å². The highest BCUT2D eigenvalue weighted by Gasteiger charge is 2.29. The maximum Gasteiger partial charge on any atom is 0.257 e. The van der Waals surface area contributed by atoms with E-state index in [4.69, 9.17) is 10.8 Å². The van der Waals surface area contributed by atoms with Gasteiger partial charge < -0.3 is 10.6 Å². The molecule has 1 saturated heterocycles. The highest BCUT2D eigenvalue weighted by atomic mass is 16.2. The summed E-state index contributed by atoms with van der Waals surface area (Å²) in [6.07, 6.45) is 2.87. The predicted molar refractivity (Wildman–Crippen MR) is 116 cm³/mol. The number of hydrogen-bond acceptors (Lipinski definition) is 3. The number of benzene rings is 2. The van der Waals surface area contributed by atoms with Crippen LogP contribution < -0.4 is 5.73 Å². The second kappa shape index (κ2) is 8.21. The van der Waals surface area contributed by atoms with Crippen LogP contribution in [-0.4, -0.2) is 40.2 Å². The molecule has 29 heavy (non-hydrogen) atoms. The number of aryl methyl sites for hydroxylation is 2. The smallest absolute Gasteiger partial charge is 0.257 e. The third-order valence-corrected chi connectivity index (χ3v) is 5.69. The fraction of sp³-hybridized carbons (Fsp3) is 0.333. The van der Waals surface area contributed by atoms with Crippen LogP contribution in [0.4, 0.5) is 0 Å². The number of rotatable bonds is 5. The molecule has 2 heterocycles. The average Bonchev–Trinajstić information content (AvgIpc) is 3.37. The molecule has 1 aliphatic rings. The van der Waals surface area contributed by atoms with Crippen molar-refractivity contribution in [1.82, 2.24) is 14.7 Å². The molecule has 1 amide bonds. The van der Waals surface area contributed by atoms with Gasteiger partial charge in [0.05, 0.1) is 12.1 Å². The number of carbonyl (C=O) groups excluding carboxylic acids is 1. The normalized spacial score (nSPS) is 16.4. The van der Waals surface area contributed by atoms with Crippen LogP contribution in [0.5, 0.6) is 0 Å². The van der Waals surface area contributed by atoms with E-state index in [1.54, 1.807) is 0 Å². The molecule has 2 aromatic carbocycles. The van der Waals surface area contributed by atoms with Crippen molar-refractivity contribution >= 4 is 5.91 Å². The number of nitrogens with zero attached hydrogens (tertiary/aromatic N) is 3. The van der Waals surface area contributed by atoms with Crippen molar-refractivity contribution in [2.75, 3.05) is 19.6 Å². The summed E-state index contributed by atoms with van der Waals surface area (Å²) in [6.45, 7) is 6.89. The summed E-state index contributed by atoms with van der Waals surface area (Å²) < 4.78 is 1.88. The molecule has 3 aromatic rings. The van der Waals surface area contributed by atoms with Crippen molar-refractivity contribution in [2.24, 2.45) is 11.7 Å². The van der Waals surface area contributed by atoms with Gasteiger partial charge in [-0.15, -0.1) is 0 Å². The topological polar surface area (TPSA) is 64.2 Å². The highest BCUT2D eigenvalue weighted by molar-refractivity contribution is 6.00. The lowest BCUT2D eigenvalue weighted by atomic mass is 10.1. The molecule has 0 radical (unpaired) electrons. The van der Waals surface area contributed by atoms with Crippen LogP contribution in [0.3, 0.4) is 0 Å². The minimum absolute atomic E-state index is 0.0479. The van der Waals surface area contributed by atoms with Crippen LogP contribution >= 0.6 is 0 Å². The third-order valence-electron chi connectivity index (χ3n) is 5.69. The first-order chi connectivity index (χ1) is 14.0. The van der Waals surface area contributed by atoms with Crippen molar-refractivity contribution in [1.29, 1.82) is 0 Å². The average molecular weight is 389 g/mol. The van der Waals surface area contributed by atoms with E-state index in [2.05, 4.69) is 50.2 Å². The van der Waals surface area contributed by atoms with Gasteiger partial charge in [-0.25, -0.2) is 0 Å². The molecule has 1 atom stereocenters. The van der Waals surface area contributed by atoms with E-state index in [1.807, 2.05) is 27.9 Å². The van der Waals surface area contributed by atoms with Gasteiger partial charge in [0.15, 0.2) is 0 Å². The maximum absolute atomic E-state index is 13.3. The second-order valence-electron chi connectivity index (χ2n) is 8.08. The van der Waals surface area contributed by atoms with E-state index in [0.717, 1.165) is 36.3 Å². The Kier molecular flexibility index (Phi) is 5.49. The lowest BCUT2D eigenvalue weighted by Crippen LogP contribution is -2.30. The van der Waals surface area contributed by atoms with Crippen LogP contribution in [0, 0.1) is 19.8 Å². The van der Waals surface area contributed by atoms with Crippen molar-refractivity contribution in [3.05, 3.63) is 77.0 Å². The minimum atomic E-state index is 0.0479. The SMILES string of the molecule is Cc1ccc(Cn2cc(C(=O)N3CCC(CN)C3)c(-c3ccc(C)cc3)n2)cc1. The van der Waals surface area contributed by atoms with Gasteiger partial charge in [0.2, 0.25) is 0 Å². The van der Waals surface area contributed by atoms with Gasteiger partial charge in [-0.05, 0) is 38.3 Å². The first kappa shape index (κ1) is 19.4. The molecule has 5 heteroatoms. The molecular weight excluding hydrogens is 360 g/mol. The third kappa shape index (κ3) is 4.25. The lowest BCUT2D eigenvalue weighted by molar-refractivity contribution is 0.0788. The van der Waals surface area contributed by atoms with E-state index in [9.17, 15) is 4.79 Å². The largest absolute Gasteiger partial charge is 0.338 e. The summed E-state index contributed by atoms with van der Waals surface area (Å²) >= 11 is 0. The molecule has 4 rings (SSSR count). The van der Waals surface area contributed by atoms with Crippen molar-refractivity contribution < 1.29 is 4.79 Å². The Morgan fingerprint density at radius 2 is 1.72 bits per heavy atom. The number of aromatic nitrogens is 2. The number of nitrogens with two attached hydrogens (primary N) is 1. The number of hydrogen-bond donors (Lipinski definition) is 1. The summed E-state index contributed by atoms with van der Waals surface area (Å²) in [5, 5.41) is 4.80.